The first-order valence-corrected chi connectivity index (χ1v) is 8.46. The van der Waals surface area contributed by atoms with Crippen LogP contribution >= 0.6 is 0 Å². The summed E-state index contributed by atoms with van der Waals surface area (Å²) in [4.78, 5) is 24.3. The van der Waals surface area contributed by atoms with Gasteiger partial charge in [-0.25, -0.2) is 15.0 Å². The van der Waals surface area contributed by atoms with E-state index in [1.165, 1.54) is 31.3 Å². The van der Waals surface area contributed by atoms with Crippen LogP contribution < -0.4 is 14.8 Å². The van der Waals surface area contributed by atoms with E-state index in [9.17, 15) is 4.79 Å². The highest BCUT2D eigenvalue weighted by Crippen LogP contribution is 2.23. The Labute approximate surface area is 157 Å². The third kappa shape index (κ3) is 4.78. The number of amides is 1. The van der Waals surface area contributed by atoms with Crippen LogP contribution in [0.3, 0.4) is 0 Å². The lowest BCUT2D eigenvalue weighted by atomic mass is 10.0. The summed E-state index contributed by atoms with van der Waals surface area (Å²) < 4.78 is 10.7. The highest BCUT2D eigenvalue weighted by Gasteiger charge is 2.09. The topological polar surface area (TPSA) is 86.2 Å². The van der Waals surface area contributed by atoms with Gasteiger partial charge in [0.05, 0.1) is 12.7 Å². The first-order chi connectivity index (χ1) is 13.0. The van der Waals surface area contributed by atoms with E-state index in [2.05, 4.69) is 34.1 Å². The number of rotatable bonds is 6. The molecule has 1 aromatic carbocycles. The highest BCUT2D eigenvalue weighted by molar-refractivity contribution is 6.03. The van der Waals surface area contributed by atoms with Gasteiger partial charge in [-0.3, -0.25) is 4.79 Å². The van der Waals surface area contributed by atoms with E-state index in [-0.39, 0.29) is 5.91 Å². The van der Waals surface area contributed by atoms with Crippen LogP contribution in [0, 0.1) is 0 Å². The van der Waals surface area contributed by atoms with Gasteiger partial charge in [-0.2, -0.15) is 0 Å². The fraction of sp³-hybridized carbons (Fsp3) is 0.200. The van der Waals surface area contributed by atoms with Crippen LogP contribution in [0.15, 0.2) is 55.0 Å². The molecule has 0 aliphatic carbocycles. The van der Waals surface area contributed by atoms with Gasteiger partial charge in [0.25, 0.3) is 5.91 Å². The summed E-state index contributed by atoms with van der Waals surface area (Å²) in [7, 11) is 1.49. The van der Waals surface area contributed by atoms with E-state index in [0.29, 0.717) is 34.8 Å². The number of nitrogens with one attached hydrogen (secondary N) is 1. The summed E-state index contributed by atoms with van der Waals surface area (Å²) in [6, 6.07) is 12.7. The van der Waals surface area contributed by atoms with Crippen molar-refractivity contribution in [3.8, 4) is 17.5 Å². The third-order valence-corrected chi connectivity index (χ3v) is 3.86. The zero-order valence-electron chi connectivity index (χ0n) is 15.3. The van der Waals surface area contributed by atoms with Gasteiger partial charge in [0.1, 0.15) is 17.9 Å². The number of hydrogen-bond acceptors (Lipinski definition) is 6. The number of aromatic nitrogens is 3. The summed E-state index contributed by atoms with van der Waals surface area (Å²) in [5, 5.41) is 2.67. The minimum atomic E-state index is -0.337. The SMILES string of the molecule is COc1cc(NC(=O)c2ccc(Oc3ccc(C(C)C)cc3)nc2)ncn1. The van der Waals surface area contributed by atoms with Gasteiger partial charge >= 0.3 is 0 Å². The Balaban J connectivity index is 1.64. The Kier molecular flexibility index (Phi) is 5.61. The molecule has 0 bridgehead atoms. The summed E-state index contributed by atoms with van der Waals surface area (Å²) in [6.07, 6.45) is 2.76. The van der Waals surface area contributed by atoms with Gasteiger partial charge in [-0.15, -0.1) is 0 Å². The lowest BCUT2D eigenvalue weighted by Gasteiger charge is -2.09. The maximum Gasteiger partial charge on any atom is 0.258 e. The Morgan fingerprint density at radius 2 is 1.78 bits per heavy atom. The molecule has 0 saturated heterocycles. The first kappa shape index (κ1) is 18.3. The number of nitrogens with zero attached hydrogens (tertiary/aromatic N) is 3. The predicted octanol–water partition coefficient (Wildman–Crippen LogP) is 4.05. The number of methoxy groups -OCH3 is 1. The normalized spacial score (nSPS) is 10.5. The largest absolute Gasteiger partial charge is 0.481 e. The van der Waals surface area contributed by atoms with Crippen LogP contribution in [-0.2, 0) is 0 Å². The summed E-state index contributed by atoms with van der Waals surface area (Å²) >= 11 is 0. The van der Waals surface area contributed by atoms with Crippen molar-refractivity contribution in [3.63, 3.8) is 0 Å². The molecule has 138 valence electrons. The van der Waals surface area contributed by atoms with Gasteiger partial charge in [0.15, 0.2) is 0 Å². The van der Waals surface area contributed by atoms with E-state index in [1.807, 2.05) is 24.3 Å². The second kappa shape index (κ2) is 8.27. The van der Waals surface area contributed by atoms with Gasteiger partial charge in [-0.05, 0) is 29.7 Å². The number of carbonyl (C=O) groups is 1. The lowest BCUT2D eigenvalue weighted by Crippen LogP contribution is -2.13. The van der Waals surface area contributed by atoms with Gasteiger partial charge in [0, 0.05) is 18.3 Å². The summed E-state index contributed by atoms with van der Waals surface area (Å²) in [5.74, 6) is 1.94. The molecule has 0 saturated carbocycles. The Hall–Kier alpha value is -3.48. The molecular weight excluding hydrogens is 344 g/mol. The molecule has 1 amide bonds. The van der Waals surface area contributed by atoms with Crippen molar-refractivity contribution in [1.29, 1.82) is 0 Å². The van der Waals surface area contributed by atoms with Crippen LogP contribution in [0.2, 0.25) is 0 Å². The molecule has 0 unspecified atom stereocenters. The van der Waals surface area contributed by atoms with Crippen molar-refractivity contribution < 1.29 is 14.3 Å². The van der Waals surface area contributed by atoms with Crippen molar-refractivity contribution >= 4 is 11.7 Å². The van der Waals surface area contributed by atoms with E-state index >= 15 is 0 Å². The lowest BCUT2D eigenvalue weighted by molar-refractivity contribution is 0.102. The summed E-state index contributed by atoms with van der Waals surface area (Å²) in [6.45, 7) is 4.28. The Morgan fingerprint density at radius 1 is 1.00 bits per heavy atom. The van der Waals surface area contributed by atoms with Gasteiger partial charge < -0.3 is 14.8 Å². The minimum Gasteiger partial charge on any atom is -0.481 e. The van der Waals surface area contributed by atoms with E-state index in [4.69, 9.17) is 9.47 Å². The molecule has 0 atom stereocenters. The zero-order valence-corrected chi connectivity index (χ0v) is 15.3. The van der Waals surface area contributed by atoms with Crippen LogP contribution in [-0.4, -0.2) is 28.0 Å². The molecule has 0 aliphatic rings. The molecule has 0 aliphatic heterocycles. The quantitative estimate of drug-likeness (QED) is 0.710. The molecule has 0 radical (unpaired) electrons. The summed E-state index contributed by atoms with van der Waals surface area (Å²) in [5.41, 5.74) is 1.62. The predicted molar refractivity (Wildman–Crippen MR) is 101 cm³/mol. The average molecular weight is 364 g/mol. The number of hydrogen-bond donors (Lipinski definition) is 1. The van der Waals surface area contributed by atoms with Crippen LogP contribution in [0.5, 0.6) is 17.5 Å². The maximum absolute atomic E-state index is 12.3. The average Bonchev–Trinajstić information content (AvgIpc) is 2.69. The van der Waals surface area contributed by atoms with Crippen LogP contribution in [0.1, 0.15) is 35.7 Å². The molecule has 1 N–H and O–H groups in total. The highest BCUT2D eigenvalue weighted by atomic mass is 16.5. The number of pyridine rings is 1. The van der Waals surface area contributed by atoms with Crippen molar-refractivity contribution in [1.82, 2.24) is 15.0 Å². The Bertz CT molecular complexity index is 909. The fourth-order valence-electron chi connectivity index (χ4n) is 2.32. The van der Waals surface area contributed by atoms with Gasteiger partial charge in [0.2, 0.25) is 11.8 Å². The molecule has 3 aromatic rings. The van der Waals surface area contributed by atoms with Crippen LogP contribution in [0.4, 0.5) is 5.82 Å². The first-order valence-electron chi connectivity index (χ1n) is 8.46. The number of benzene rings is 1. The zero-order chi connectivity index (χ0) is 19.2. The molecule has 27 heavy (non-hydrogen) atoms. The molecule has 3 rings (SSSR count). The number of anilines is 1. The second-order valence-corrected chi connectivity index (χ2v) is 6.11. The monoisotopic (exact) mass is 364 g/mol. The van der Waals surface area contributed by atoms with Crippen LogP contribution in [0.25, 0.3) is 0 Å². The smallest absolute Gasteiger partial charge is 0.258 e. The number of ether oxygens (including phenoxy) is 2. The van der Waals surface area contributed by atoms with E-state index < -0.39 is 0 Å². The number of carbonyl (C=O) groups excluding carboxylic acids is 1. The molecule has 0 spiro atoms. The maximum atomic E-state index is 12.3. The standard InChI is InChI=1S/C20H20N4O3/c1-13(2)14-4-7-16(8-5-14)27-18-9-6-15(11-21-18)20(25)24-17-10-19(26-3)23-12-22-17/h4-13H,1-3H3,(H,22,23,24,25). The molecule has 7 nitrogen and oxygen atoms in total. The van der Waals surface area contributed by atoms with Crippen molar-refractivity contribution in [3.05, 3.63) is 66.1 Å². The van der Waals surface area contributed by atoms with E-state index in [0.717, 1.165) is 0 Å². The molecule has 2 aromatic heterocycles. The van der Waals surface area contributed by atoms with Crippen molar-refractivity contribution in [2.24, 2.45) is 0 Å². The molecule has 2 heterocycles. The van der Waals surface area contributed by atoms with Crippen molar-refractivity contribution in [2.75, 3.05) is 12.4 Å². The van der Waals surface area contributed by atoms with E-state index in [1.54, 1.807) is 12.1 Å². The fourth-order valence-corrected chi connectivity index (χ4v) is 2.32. The van der Waals surface area contributed by atoms with Crippen molar-refractivity contribution in [2.45, 2.75) is 19.8 Å². The molecule has 0 fully saturated rings. The minimum absolute atomic E-state index is 0.337. The second-order valence-electron chi connectivity index (χ2n) is 6.11. The van der Waals surface area contributed by atoms with Gasteiger partial charge in [-0.1, -0.05) is 26.0 Å². The third-order valence-electron chi connectivity index (χ3n) is 3.86. The molecule has 7 heteroatoms. The Morgan fingerprint density at radius 3 is 2.41 bits per heavy atom. The molecular formula is C20H20N4O3.